The Kier molecular flexibility index (Phi) is 5.23. The minimum atomic E-state index is -1.23. The van der Waals surface area contributed by atoms with Crippen LogP contribution in [0.4, 0.5) is 0 Å². The average molecular weight is 435 g/mol. The first kappa shape index (κ1) is 22.6. The zero-order valence-electron chi connectivity index (χ0n) is 20.4. The highest BCUT2D eigenvalue weighted by Crippen LogP contribution is 2.76. The van der Waals surface area contributed by atoms with E-state index >= 15 is 0 Å². The smallest absolute Gasteiger partial charge is 0.117 e. The fraction of sp³-hybridized carbons (Fsp3) is 1.00. The fourth-order valence-corrected chi connectivity index (χ4v) is 9.71. The van der Waals surface area contributed by atoms with Crippen LogP contribution in [0.2, 0.25) is 0 Å². The molecule has 0 amide bonds. The van der Waals surface area contributed by atoms with Gasteiger partial charge in [0.1, 0.15) is 23.4 Å². The molecule has 0 bridgehead atoms. The second kappa shape index (κ2) is 7.17. The highest BCUT2D eigenvalue weighted by atomic mass is 16.6. The quantitative estimate of drug-likeness (QED) is 0.549. The first-order valence-electron chi connectivity index (χ1n) is 13.3. The summed E-state index contributed by atoms with van der Waals surface area (Å²) in [4.78, 5) is 0. The maximum Gasteiger partial charge on any atom is 0.117 e. The number of aliphatic hydroxyl groups is 3. The molecule has 4 heteroatoms. The van der Waals surface area contributed by atoms with Crippen LogP contribution >= 0.6 is 0 Å². The molecule has 0 aromatic rings. The van der Waals surface area contributed by atoms with E-state index in [1.54, 1.807) is 0 Å². The van der Waals surface area contributed by atoms with Crippen LogP contribution in [0.1, 0.15) is 98.8 Å². The van der Waals surface area contributed by atoms with E-state index < -0.39 is 17.8 Å². The Bertz CT molecular complexity index is 709. The Morgan fingerprint density at radius 3 is 2.39 bits per heavy atom. The van der Waals surface area contributed by atoms with Crippen molar-refractivity contribution in [3.8, 4) is 0 Å². The first-order chi connectivity index (χ1) is 14.5. The van der Waals surface area contributed by atoms with Crippen molar-refractivity contribution in [2.45, 2.75) is 128 Å². The number of epoxide rings is 1. The van der Waals surface area contributed by atoms with E-state index in [0.29, 0.717) is 11.8 Å². The third-order valence-electron chi connectivity index (χ3n) is 11.4. The van der Waals surface area contributed by atoms with Crippen molar-refractivity contribution in [1.29, 1.82) is 0 Å². The third-order valence-corrected chi connectivity index (χ3v) is 11.4. The maximum atomic E-state index is 11.7. The third kappa shape index (κ3) is 2.87. The Morgan fingerprint density at radius 2 is 1.68 bits per heavy atom. The van der Waals surface area contributed by atoms with Gasteiger partial charge < -0.3 is 20.1 Å². The van der Waals surface area contributed by atoms with Gasteiger partial charge in [-0.2, -0.15) is 0 Å². The number of ether oxygens (including phenoxy) is 1. The van der Waals surface area contributed by atoms with Crippen LogP contribution in [0.25, 0.3) is 0 Å². The molecular formula is C27H46O4. The second-order valence-electron chi connectivity index (χ2n) is 13.2. The number of aliphatic hydroxyl groups excluding tert-OH is 2. The standard InChI is InChI=1S/C27H46O4/c1-16(2)7-6-8-17(3)19-9-10-20-24(19,4)13-12-21-25(5)14-11-18(28)15-26(25,30)22(29)23-27(20,21)31-23/h16-23,28-30H,6-15H2,1-5H3/t17?,18-,19+,20?,21?,22-,23+,24+,25+,26-,27-/m0/s1. The summed E-state index contributed by atoms with van der Waals surface area (Å²) in [5.41, 5.74) is -1.57. The van der Waals surface area contributed by atoms with Gasteiger partial charge in [-0.25, -0.2) is 0 Å². The molecule has 4 aliphatic carbocycles. The number of rotatable bonds is 5. The van der Waals surface area contributed by atoms with Crippen LogP contribution in [-0.2, 0) is 4.74 Å². The van der Waals surface area contributed by atoms with Gasteiger partial charge in [-0.1, -0.05) is 53.9 Å². The molecule has 3 unspecified atom stereocenters. The van der Waals surface area contributed by atoms with E-state index in [1.807, 2.05) is 0 Å². The normalized spacial score (nSPS) is 56.4. The minimum absolute atomic E-state index is 0.248. The number of fused-ring (bicyclic) bond motifs is 3. The lowest BCUT2D eigenvalue weighted by molar-refractivity contribution is -0.246. The van der Waals surface area contributed by atoms with E-state index in [0.717, 1.165) is 37.0 Å². The van der Waals surface area contributed by atoms with Gasteiger partial charge in [0, 0.05) is 11.8 Å². The van der Waals surface area contributed by atoms with Gasteiger partial charge in [0.2, 0.25) is 0 Å². The maximum absolute atomic E-state index is 11.7. The predicted octanol–water partition coefficient (Wildman–Crippen LogP) is 4.69. The minimum Gasteiger partial charge on any atom is -0.393 e. The molecule has 3 N–H and O–H groups in total. The van der Waals surface area contributed by atoms with Crippen molar-refractivity contribution >= 4 is 0 Å². The summed E-state index contributed by atoms with van der Waals surface area (Å²) < 4.78 is 6.57. The zero-order chi connectivity index (χ0) is 22.4. The summed E-state index contributed by atoms with van der Waals surface area (Å²) in [6.45, 7) is 11.8. The first-order valence-corrected chi connectivity index (χ1v) is 13.3. The summed E-state index contributed by atoms with van der Waals surface area (Å²) in [5.74, 6) is 3.04. The van der Waals surface area contributed by atoms with Gasteiger partial charge in [0.05, 0.1) is 6.10 Å². The molecule has 0 aromatic heterocycles. The summed E-state index contributed by atoms with van der Waals surface area (Å²) in [6, 6.07) is 0. The second-order valence-corrected chi connectivity index (χ2v) is 13.2. The molecule has 31 heavy (non-hydrogen) atoms. The van der Waals surface area contributed by atoms with Crippen molar-refractivity contribution in [1.82, 2.24) is 0 Å². The van der Waals surface area contributed by atoms with Crippen LogP contribution in [0.15, 0.2) is 0 Å². The molecule has 4 nitrogen and oxygen atoms in total. The van der Waals surface area contributed by atoms with E-state index in [-0.39, 0.29) is 29.0 Å². The SMILES string of the molecule is CC(C)CCCC(C)[C@H]1CCC2[C@@]34O[C@@H]3[C@H](O)[C@@]3(O)C[C@@H](O)CC[C@]3(C)C4CC[C@@]21C. The summed E-state index contributed by atoms with van der Waals surface area (Å²) in [6.07, 6.45) is 8.89. The van der Waals surface area contributed by atoms with Crippen LogP contribution in [-0.4, -0.2) is 44.8 Å². The topological polar surface area (TPSA) is 73.2 Å². The molecule has 5 rings (SSSR count). The van der Waals surface area contributed by atoms with Crippen molar-refractivity contribution in [3.63, 3.8) is 0 Å². The molecule has 0 radical (unpaired) electrons. The van der Waals surface area contributed by atoms with Crippen LogP contribution in [0.5, 0.6) is 0 Å². The van der Waals surface area contributed by atoms with Crippen molar-refractivity contribution in [3.05, 3.63) is 0 Å². The Hall–Kier alpha value is -0.160. The van der Waals surface area contributed by atoms with E-state index in [2.05, 4.69) is 34.6 Å². The van der Waals surface area contributed by atoms with Gasteiger partial charge >= 0.3 is 0 Å². The van der Waals surface area contributed by atoms with E-state index in [9.17, 15) is 15.3 Å². The predicted molar refractivity (Wildman–Crippen MR) is 121 cm³/mol. The highest BCUT2D eigenvalue weighted by Gasteiger charge is 2.84. The van der Waals surface area contributed by atoms with Gasteiger partial charge in [-0.3, -0.25) is 0 Å². The van der Waals surface area contributed by atoms with Gasteiger partial charge in [0.15, 0.2) is 0 Å². The summed E-state index contributed by atoms with van der Waals surface area (Å²) in [5, 5.41) is 33.4. The summed E-state index contributed by atoms with van der Waals surface area (Å²) in [7, 11) is 0. The molecule has 5 fully saturated rings. The van der Waals surface area contributed by atoms with Crippen molar-refractivity contribution < 1.29 is 20.1 Å². The van der Waals surface area contributed by atoms with E-state index in [4.69, 9.17) is 4.74 Å². The lowest BCUT2D eigenvalue weighted by Gasteiger charge is -2.63. The van der Waals surface area contributed by atoms with Crippen molar-refractivity contribution in [2.24, 2.45) is 40.4 Å². The summed E-state index contributed by atoms with van der Waals surface area (Å²) >= 11 is 0. The molecule has 0 aromatic carbocycles. The lowest BCUT2D eigenvalue weighted by atomic mass is 9.42. The lowest BCUT2D eigenvalue weighted by Crippen LogP contribution is -2.72. The Labute approximate surface area is 189 Å². The molecular weight excluding hydrogens is 388 g/mol. The molecule has 1 heterocycles. The zero-order valence-corrected chi connectivity index (χ0v) is 20.4. The average Bonchev–Trinajstić information content (AvgIpc) is 3.30. The molecule has 1 spiro atoms. The largest absolute Gasteiger partial charge is 0.393 e. The Morgan fingerprint density at radius 1 is 0.935 bits per heavy atom. The van der Waals surface area contributed by atoms with Gasteiger partial charge in [-0.15, -0.1) is 0 Å². The highest BCUT2D eigenvalue weighted by molar-refractivity contribution is 5.32. The fourth-order valence-electron chi connectivity index (χ4n) is 9.71. The van der Waals surface area contributed by atoms with Crippen LogP contribution < -0.4 is 0 Å². The Balaban J connectivity index is 1.41. The van der Waals surface area contributed by atoms with Crippen molar-refractivity contribution in [2.75, 3.05) is 0 Å². The van der Waals surface area contributed by atoms with E-state index in [1.165, 1.54) is 38.5 Å². The van der Waals surface area contributed by atoms with Gasteiger partial charge in [0.25, 0.3) is 0 Å². The molecule has 11 atom stereocenters. The number of hydrogen-bond donors (Lipinski definition) is 3. The number of hydrogen-bond acceptors (Lipinski definition) is 4. The van der Waals surface area contributed by atoms with Gasteiger partial charge in [-0.05, 0) is 73.5 Å². The van der Waals surface area contributed by atoms with Crippen LogP contribution in [0.3, 0.4) is 0 Å². The molecule has 1 aliphatic heterocycles. The molecule has 1 saturated heterocycles. The molecule has 4 saturated carbocycles. The molecule has 178 valence electrons. The van der Waals surface area contributed by atoms with Crippen LogP contribution in [0, 0.1) is 40.4 Å². The molecule has 5 aliphatic rings. The monoisotopic (exact) mass is 434 g/mol.